The van der Waals surface area contributed by atoms with Crippen molar-refractivity contribution in [3.8, 4) is 57.2 Å². The third-order valence-corrected chi connectivity index (χ3v) is 10.4. The zero-order valence-corrected chi connectivity index (χ0v) is 29.0. The van der Waals surface area contributed by atoms with Crippen molar-refractivity contribution in [1.82, 2.24) is 14.1 Å². The minimum Gasteiger partial charge on any atom is -0.307 e. The van der Waals surface area contributed by atoms with E-state index >= 15 is 0 Å². The summed E-state index contributed by atoms with van der Waals surface area (Å²) in [6, 6.07) is 64.7. The summed E-state index contributed by atoms with van der Waals surface area (Å²) in [6.07, 6.45) is 0. The summed E-state index contributed by atoms with van der Waals surface area (Å²) in [4.78, 5) is 5.37. The maximum Gasteiger partial charge on any atom is 0.102 e. The molecule has 0 bridgehead atoms. The van der Waals surface area contributed by atoms with E-state index in [0.717, 1.165) is 71.7 Å². The number of hydrogen-bond donors (Lipinski definition) is 0. The lowest BCUT2D eigenvalue weighted by Gasteiger charge is -2.18. The van der Waals surface area contributed by atoms with Gasteiger partial charge in [-0.2, -0.15) is 10.5 Å². The second-order valence-electron chi connectivity index (χ2n) is 13.3. The number of aromatic nitrogens is 3. The molecule has 0 saturated heterocycles. The average molecular weight is 688 g/mol. The summed E-state index contributed by atoms with van der Waals surface area (Å²) >= 11 is 0. The predicted octanol–water partition coefficient (Wildman–Crippen LogP) is 12.0. The fourth-order valence-corrected chi connectivity index (χ4v) is 8.17. The van der Waals surface area contributed by atoms with E-state index in [1.807, 2.05) is 72.8 Å². The van der Waals surface area contributed by atoms with Crippen LogP contribution in [-0.2, 0) is 0 Å². The van der Waals surface area contributed by atoms with E-state index in [1.165, 1.54) is 0 Å². The van der Waals surface area contributed by atoms with Gasteiger partial charge in [-0.05, 0) is 48.0 Å². The van der Waals surface area contributed by atoms with E-state index < -0.39 is 0 Å². The molecule has 10 aromatic rings. The van der Waals surface area contributed by atoms with E-state index in [0.29, 0.717) is 28.1 Å². The van der Waals surface area contributed by atoms with E-state index in [-0.39, 0.29) is 0 Å². The Kier molecular flexibility index (Phi) is 7.18. The van der Waals surface area contributed by atoms with Crippen LogP contribution in [0.1, 0.15) is 11.1 Å². The number of rotatable bonds is 5. The molecule has 0 saturated carbocycles. The summed E-state index contributed by atoms with van der Waals surface area (Å²) in [5.41, 5.74) is 11.1. The van der Waals surface area contributed by atoms with Gasteiger partial charge in [0.05, 0.1) is 44.6 Å². The van der Waals surface area contributed by atoms with Gasteiger partial charge in [-0.15, -0.1) is 0 Å². The Morgan fingerprint density at radius 1 is 0.426 bits per heavy atom. The molecule has 0 radical (unpaired) electrons. The molecule has 0 aliphatic heterocycles. The molecule has 7 aromatic carbocycles. The Labute approximate surface area is 311 Å². The molecule has 3 aromatic heterocycles. The van der Waals surface area contributed by atoms with Crippen molar-refractivity contribution in [1.29, 1.82) is 10.5 Å². The van der Waals surface area contributed by atoms with Crippen molar-refractivity contribution >= 4 is 43.6 Å². The van der Waals surface area contributed by atoms with Crippen molar-refractivity contribution in [2.75, 3.05) is 0 Å². The first-order valence-electron chi connectivity index (χ1n) is 17.9. The molecule has 0 fully saturated rings. The van der Waals surface area contributed by atoms with Gasteiger partial charge >= 0.3 is 0 Å². The van der Waals surface area contributed by atoms with Crippen LogP contribution < -0.4 is 0 Å². The van der Waals surface area contributed by atoms with Crippen molar-refractivity contribution in [2.24, 2.45) is 0 Å². The zero-order valence-electron chi connectivity index (χ0n) is 29.0. The number of hydrogen-bond acceptors (Lipinski definition) is 3. The smallest absolute Gasteiger partial charge is 0.102 e. The van der Waals surface area contributed by atoms with Crippen molar-refractivity contribution < 1.29 is 0 Å². The molecule has 0 unspecified atom stereocenters. The van der Waals surface area contributed by atoms with Crippen LogP contribution in [0.4, 0.5) is 0 Å². The minimum absolute atomic E-state index is 0.362. The van der Waals surface area contributed by atoms with Crippen LogP contribution in [0.25, 0.3) is 88.6 Å². The fraction of sp³-hybridized carbons (Fsp3) is 0. The lowest BCUT2D eigenvalue weighted by atomic mass is 9.88. The van der Waals surface area contributed by atoms with Crippen molar-refractivity contribution in [3.63, 3.8) is 0 Å². The van der Waals surface area contributed by atoms with E-state index in [9.17, 15) is 10.5 Å². The maximum atomic E-state index is 11.2. The van der Waals surface area contributed by atoms with Gasteiger partial charge in [0.25, 0.3) is 0 Å². The molecule has 5 nitrogen and oxygen atoms in total. The standard InChI is InChI=1S/C49H29N5/c50-30-40-44(32-17-5-1-6-18-32)41(31-51)47(52-46(40)33-19-7-2-8-20-33)39-29-38-36-25-13-15-27-42(36)53(34-21-9-3-10-22-34)48(38)49-45(39)37-26-14-16-28-43(37)54(49)35-23-11-4-12-24-35/h1-29H. The summed E-state index contributed by atoms with van der Waals surface area (Å²) < 4.78 is 4.71. The van der Waals surface area contributed by atoms with E-state index in [4.69, 9.17) is 4.98 Å². The summed E-state index contributed by atoms with van der Waals surface area (Å²) in [5, 5.41) is 26.2. The Morgan fingerprint density at radius 3 is 1.48 bits per heavy atom. The van der Waals surface area contributed by atoms with Crippen LogP contribution in [-0.4, -0.2) is 14.1 Å². The van der Waals surface area contributed by atoms with Gasteiger partial charge in [-0.25, -0.2) is 4.98 Å². The molecule has 3 heterocycles. The van der Waals surface area contributed by atoms with Gasteiger partial charge in [-0.1, -0.05) is 133 Å². The van der Waals surface area contributed by atoms with Crippen LogP contribution in [0.2, 0.25) is 0 Å². The maximum absolute atomic E-state index is 11.2. The highest BCUT2D eigenvalue weighted by atomic mass is 15.0. The highest BCUT2D eigenvalue weighted by Gasteiger charge is 2.29. The van der Waals surface area contributed by atoms with Gasteiger partial charge in [0.2, 0.25) is 0 Å². The van der Waals surface area contributed by atoms with Crippen molar-refractivity contribution in [2.45, 2.75) is 0 Å². The first-order valence-corrected chi connectivity index (χ1v) is 17.9. The quantitative estimate of drug-likeness (QED) is 0.181. The molecular formula is C49H29N5. The first-order chi connectivity index (χ1) is 26.8. The molecule has 0 spiro atoms. The predicted molar refractivity (Wildman–Crippen MR) is 219 cm³/mol. The van der Waals surface area contributed by atoms with Gasteiger partial charge in [0.1, 0.15) is 12.1 Å². The third-order valence-electron chi connectivity index (χ3n) is 10.4. The normalized spacial score (nSPS) is 11.3. The Balaban J connectivity index is 1.49. The van der Waals surface area contributed by atoms with Crippen molar-refractivity contribution in [3.05, 3.63) is 187 Å². The molecule has 10 rings (SSSR count). The number of benzene rings is 7. The minimum atomic E-state index is 0.362. The summed E-state index contributed by atoms with van der Waals surface area (Å²) in [6.45, 7) is 0. The fourth-order valence-electron chi connectivity index (χ4n) is 8.17. The monoisotopic (exact) mass is 687 g/mol. The molecule has 0 N–H and O–H groups in total. The molecule has 0 aliphatic rings. The van der Waals surface area contributed by atoms with Crippen LogP contribution in [0, 0.1) is 22.7 Å². The Hall–Kier alpha value is -7.73. The van der Waals surface area contributed by atoms with Crippen LogP contribution in [0.3, 0.4) is 0 Å². The molecule has 0 atom stereocenters. The summed E-state index contributed by atoms with van der Waals surface area (Å²) in [7, 11) is 0. The Morgan fingerprint density at radius 2 is 0.889 bits per heavy atom. The SMILES string of the molecule is N#Cc1c(-c2ccccc2)nc(-c2cc3c4ccccc4n(-c4ccccc4)c3c3c2c2ccccc2n3-c2ccccc2)c(C#N)c1-c1ccccc1. The topological polar surface area (TPSA) is 70.3 Å². The molecule has 250 valence electrons. The molecule has 5 heteroatoms. The highest BCUT2D eigenvalue weighted by Crippen LogP contribution is 2.48. The van der Waals surface area contributed by atoms with Gasteiger partial charge < -0.3 is 9.13 Å². The van der Waals surface area contributed by atoms with Gasteiger partial charge in [0.15, 0.2) is 0 Å². The van der Waals surface area contributed by atoms with Crippen LogP contribution >= 0.6 is 0 Å². The van der Waals surface area contributed by atoms with Crippen LogP contribution in [0.15, 0.2) is 176 Å². The molecule has 0 aliphatic carbocycles. The third kappa shape index (κ3) is 4.60. The number of pyridine rings is 1. The Bertz CT molecular complexity index is 3150. The summed E-state index contributed by atoms with van der Waals surface area (Å²) in [5.74, 6) is 0. The second kappa shape index (κ2) is 12.5. The largest absolute Gasteiger partial charge is 0.307 e. The average Bonchev–Trinajstić information content (AvgIpc) is 3.77. The second-order valence-corrected chi connectivity index (χ2v) is 13.3. The number of fused-ring (bicyclic) bond motifs is 7. The van der Waals surface area contributed by atoms with E-state index in [2.05, 4.69) is 124 Å². The van der Waals surface area contributed by atoms with E-state index in [1.54, 1.807) is 0 Å². The van der Waals surface area contributed by atoms with Gasteiger partial charge in [0, 0.05) is 49.6 Å². The van der Waals surface area contributed by atoms with Gasteiger partial charge in [-0.3, -0.25) is 0 Å². The highest BCUT2D eigenvalue weighted by molar-refractivity contribution is 6.28. The molecular weight excluding hydrogens is 659 g/mol. The van der Waals surface area contributed by atoms with Crippen LogP contribution in [0.5, 0.6) is 0 Å². The number of para-hydroxylation sites is 4. The number of nitrogens with zero attached hydrogens (tertiary/aromatic N) is 5. The zero-order chi connectivity index (χ0) is 36.2. The molecule has 54 heavy (non-hydrogen) atoms. The lowest BCUT2D eigenvalue weighted by Crippen LogP contribution is -2.03. The molecule has 0 amide bonds. The first kappa shape index (κ1) is 31.0. The number of nitriles is 2. The lowest BCUT2D eigenvalue weighted by molar-refractivity contribution is 1.15.